The number of nitrogens with zero attached hydrogens (tertiary/aromatic N) is 2. The molecule has 0 atom stereocenters. The third-order valence-electron chi connectivity index (χ3n) is 3.96. The fourth-order valence-corrected chi connectivity index (χ4v) is 3.59. The maximum atomic E-state index is 14.1. The number of halogens is 1. The molecule has 0 radical (unpaired) electrons. The molecule has 25 heavy (non-hydrogen) atoms. The molecule has 0 aliphatic rings. The van der Waals surface area contributed by atoms with Gasteiger partial charge in [-0.1, -0.05) is 12.1 Å². The van der Waals surface area contributed by atoms with Crippen molar-refractivity contribution in [2.75, 3.05) is 5.75 Å². The number of hydrogen-bond acceptors (Lipinski definition) is 3. The van der Waals surface area contributed by atoms with Crippen molar-refractivity contribution in [2.45, 2.75) is 18.9 Å². The van der Waals surface area contributed by atoms with E-state index in [1.54, 1.807) is 54.0 Å². The Morgan fingerprint density at radius 3 is 2.64 bits per heavy atom. The Labute approximate surface area is 149 Å². The normalized spacial score (nSPS) is 10.8. The van der Waals surface area contributed by atoms with Gasteiger partial charge in [-0.2, -0.15) is 4.73 Å². The number of pyridine rings is 1. The Bertz CT molecular complexity index is 937. The van der Waals surface area contributed by atoms with Crippen LogP contribution in [0, 0.1) is 24.9 Å². The summed E-state index contributed by atoms with van der Waals surface area (Å²) in [7, 11) is 0. The number of para-hydroxylation sites is 1. The summed E-state index contributed by atoms with van der Waals surface area (Å²) in [5, 5.41) is 12.1. The lowest BCUT2D eigenvalue weighted by molar-refractivity contribution is -0.645. The number of thioether (sulfide) groups is 1. The molecule has 2 aromatic heterocycles. The van der Waals surface area contributed by atoms with Crippen LogP contribution in [-0.2, 0) is 0 Å². The highest BCUT2D eigenvalue weighted by Gasteiger charge is 2.19. The van der Waals surface area contributed by atoms with Gasteiger partial charge >= 0.3 is 0 Å². The lowest BCUT2D eigenvalue weighted by atomic mass is 10.2. The molecule has 2 heterocycles. The summed E-state index contributed by atoms with van der Waals surface area (Å²) in [5.41, 5.74) is 2.44. The average Bonchev–Trinajstić information content (AvgIpc) is 2.89. The van der Waals surface area contributed by atoms with Crippen molar-refractivity contribution in [3.63, 3.8) is 0 Å². The number of ketones is 1. The van der Waals surface area contributed by atoms with Crippen molar-refractivity contribution >= 4 is 17.5 Å². The Balaban J connectivity index is 1.86. The number of Topliss-reactive ketones (excluding diaryl/α,β-unsaturated/α-hetero) is 1. The van der Waals surface area contributed by atoms with Gasteiger partial charge in [0.1, 0.15) is 5.82 Å². The van der Waals surface area contributed by atoms with E-state index in [4.69, 9.17) is 0 Å². The zero-order chi connectivity index (χ0) is 18.0. The van der Waals surface area contributed by atoms with Crippen LogP contribution >= 0.6 is 11.8 Å². The summed E-state index contributed by atoms with van der Waals surface area (Å²) < 4.78 is 16.6. The lowest BCUT2D eigenvalue weighted by Gasteiger charge is -2.10. The van der Waals surface area contributed by atoms with E-state index in [1.165, 1.54) is 24.0 Å². The number of carbonyl (C=O) groups excluding carboxylic acids is 1. The monoisotopic (exact) mass is 356 g/mol. The molecule has 3 rings (SSSR count). The fraction of sp³-hybridized carbons (Fsp3) is 0.158. The third-order valence-corrected chi connectivity index (χ3v) is 4.98. The van der Waals surface area contributed by atoms with Gasteiger partial charge in [-0.3, -0.25) is 4.79 Å². The van der Waals surface area contributed by atoms with Gasteiger partial charge in [-0.25, -0.2) is 4.39 Å². The van der Waals surface area contributed by atoms with E-state index >= 15 is 0 Å². The van der Waals surface area contributed by atoms with Gasteiger partial charge in [0.2, 0.25) is 0 Å². The SMILES string of the molecule is Cc1cc(C(=O)CSc2cccc[n+]2[O-])c(C)n1-c1ccccc1F. The Hall–Kier alpha value is -2.60. The third kappa shape index (κ3) is 3.44. The highest BCUT2D eigenvalue weighted by atomic mass is 32.2. The fourth-order valence-electron chi connectivity index (χ4n) is 2.79. The lowest BCUT2D eigenvalue weighted by Crippen LogP contribution is -2.28. The second-order valence-electron chi connectivity index (χ2n) is 5.65. The van der Waals surface area contributed by atoms with Crippen molar-refractivity contribution < 1.29 is 13.9 Å². The summed E-state index contributed by atoms with van der Waals surface area (Å²) in [6, 6.07) is 13.3. The van der Waals surface area contributed by atoms with Crippen molar-refractivity contribution in [2.24, 2.45) is 0 Å². The minimum atomic E-state index is -0.339. The van der Waals surface area contributed by atoms with Gasteiger partial charge in [0, 0.05) is 29.1 Å². The number of aromatic nitrogens is 2. The van der Waals surface area contributed by atoms with Gasteiger partial charge in [0.25, 0.3) is 5.03 Å². The van der Waals surface area contributed by atoms with Crippen LogP contribution in [0.25, 0.3) is 5.69 Å². The molecule has 128 valence electrons. The Morgan fingerprint density at radius 2 is 1.92 bits per heavy atom. The average molecular weight is 356 g/mol. The van der Waals surface area contributed by atoms with E-state index in [1.807, 2.05) is 6.92 Å². The molecule has 0 N–H and O–H groups in total. The van der Waals surface area contributed by atoms with Crippen LogP contribution < -0.4 is 4.73 Å². The molecule has 0 aliphatic heterocycles. The van der Waals surface area contributed by atoms with Gasteiger partial charge in [-0.05, 0) is 49.9 Å². The zero-order valence-corrected chi connectivity index (χ0v) is 14.7. The molecule has 4 nitrogen and oxygen atoms in total. The van der Waals surface area contributed by atoms with Crippen LogP contribution in [0.2, 0.25) is 0 Å². The molecule has 6 heteroatoms. The number of rotatable bonds is 5. The van der Waals surface area contributed by atoms with Gasteiger partial charge in [-0.15, -0.1) is 0 Å². The molecular weight excluding hydrogens is 339 g/mol. The summed E-state index contributed by atoms with van der Waals surface area (Å²) in [6.07, 6.45) is 1.40. The molecular formula is C19H17FN2O2S. The van der Waals surface area contributed by atoms with E-state index in [0.717, 1.165) is 10.4 Å². The molecule has 0 amide bonds. The van der Waals surface area contributed by atoms with Crippen LogP contribution in [-0.4, -0.2) is 16.1 Å². The van der Waals surface area contributed by atoms with E-state index in [-0.39, 0.29) is 17.4 Å². The summed E-state index contributed by atoms with van der Waals surface area (Å²) in [5.74, 6) is -0.285. The zero-order valence-electron chi connectivity index (χ0n) is 13.9. The summed E-state index contributed by atoms with van der Waals surface area (Å²) in [6.45, 7) is 3.64. The number of benzene rings is 1. The van der Waals surface area contributed by atoms with Crippen LogP contribution in [0.1, 0.15) is 21.7 Å². The van der Waals surface area contributed by atoms with Crippen LogP contribution in [0.15, 0.2) is 59.8 Å². The molecule has 3 aromatic rings. The van der Waals surface area contributed by atoms with Crippen LogP contribution in [0.3, 0.4) is 0 Å². The predicted molar refractivity (Wildman–Crippen MR) is 95.7 cm³/mol. The topological polar surface area (TPSA) is 48.9 Å². The minimum Gasteiger partial charge on any atom is -0.618 e. The first-order valence-electron chi connectivity index (χ1n) is 7.77. The predicted octanol–water partition coefficient (Wildman–Crippen LogP) is 3.84. The molecule has 0 aliphatic carbocycles. The highest BCUT2D eigenvalue weighted by molar-refractivity contribution is 7.99. The van der Waals surface area contributed by atoms with E-state index in [2.05, 4.69) is 0 Å². The van der Waals surface area contributed by atoms with Gasteiger partial charge in [0.05, 0.1) is 11.4 Å². The van der Waals surface area contributed by atoms with Gasteiger partial charge in [0.15, 0.2) is 12.0 Å². The number of carbonyl (C=O) groups is 1. The van der Waals surface area contributed by atoms with Crippen LogP contribution in [0.4, 0.5) is 4.39 Å². The number of hydrogen-bond donors (Lipinski definition) is 0. The van der Waals surface area contributed by atoms with Crippen LogP contribution in [0.5, 0.6) is 0 Å². The Morgan fingerprint density at radius 1 is 1.20 bits per heavy atom. The first-order valence-corrected chi connectivity index (χ1v) is 8.75. The number of aryl methyl sites for hydroxylation is 1. The molecule has 0 saturated carbocycles. The second-order valence-corrected chi connectivity index (χ2v) is 6.64. The van der Waals surface area contributed by atoms with Crippen molar-refractivity contribution in [1.29, 1.82) is 0 Å². The first kappa shape index (κ1) is 17.2. The maximum absolute atomic E-state index is 14.1. The highest BCUT2D eigenvalue weighted by Crippen LogP contribution is 2.24. The molecule has 0 unspecified atom stereocenters. The Kier molecular flexibility index (Phi) is 4.90. The maximum Gasteiger partial charge on any atom is 0.251 e. The van der Waals surface area contributed by atoms with Crippen molar-refractivity contribution in [3.8, 4) is 5.69 Å². The molecule has 0 saturated heterocycles. The second kappa shape index (κ2) is 7.11. The van der Waals surface area contributed by atoms with E-state index in [9.17, 15) is 14.4 Å². The minimum absolute atomic E-state index is 0.0930. The molecule has 0 bridgehead atoms. The summed E-state index contributed by atoms with van der Waals surface area (Å²) >= 11 is 1.19. The first-order chi connectivity index (χ1) is 12.0. The standard InChI is InChI=1S/C19H17FN2O2S/c1-13-11-15(14(2)22(13)17-8-4-3-7-16(17)20)18(23)12-25-19-9-5-6-10-21(19)24/h3-11H,12H2,1-2H3. The molecule has 0 fully saturated rings. The smallest absolute Gasteiger partial charge is 0.251 e. The van der Waals surface area contributed by atoms with Crippen molar-refractivity contribution in [1.82, 2.24) is 4.57 Å². The van der Waals surface area contributed by atoms with E-state index < -0.39 is 0 Å². The molecule has 1 aromatic carbocycles. The molecule has 0 spiro atoms. The van der Waals surface area contributed by atoms with E-state index in [0.29, 0.717) is 22.0 Å². The quantitative estimate of drug-likeness (QED) is 0.302. The van der Waals surface area contributed by atoms with Crippen molar-refractivity contribution in [3.05, 3.63) is 82.7 Å². The summed E-state index contributed by atoms with van der Waals surface area (Å²) in [4.78, 5) is 12.6. The van der Waals surface area contributed by atoms with Gasteiger partial charge < -0.3 is 9.77 Å². The largest absolute Gasteiger partial charge is 0.618 e.